The summed E-state index contributed by atoms with van der Waals surface area (Å²) in [5.41, 5.74) is 2.11. The van der Waals surface area contributed by atoms with E-state index in [1.165, 1.54) is 0 Å². The summed E-state index contributed by atoms with van der Waals surface area (Å²) in [5, 5.41) is 0. The van der Waals surface area contributed by atoms with Crippen LogP contribution in [0.2, 0.25) is 0 Å². The van der Waals surface area contributed by atoms with Crippen LogP contribution in [0.25, 0.3) is 0 Å². The lowest BCUT2D eigenvalue weighted by Gasteiger charge is -2.22. The zero-order valence-electron chi connectivity index (χ0n) is 7.83. The van der Waals surface area contributed by atoms with E-state index in [0.717, 1.165) is 5.75 Å². The summed E-state index contributed by atoms with van der Waals surface area (Å²) in [4.78, 5) is 12.8. The first-order valence-electron chi connectivity index (χ1n) is 3.80. The van der Waals surface area contributed by atoms with Crippen LogP contribution >= 0.6 is 11.8 Å². The Labute approximate surface area is 77.8 Å². The molecular weight excluding hydrogens is 174 g/mol. The molecule has 0 aromatic heterocycles. The van der Waals surface area contributed by atoms with Crippen LogP contribution in [0.3, 0.4) is 0 Å². The molecule has 1 amide bonds. The lowest BCUT2D eigenvalue weighted by molar-refractivity contribution is -0.122. The van der Waals surface area contributed by atoms with Gasteiger partial charge in [0.1, 0.15) is 0 Å². The number of likely N-dealkylation sites (N-methyl/N-ethyl adjacent to an activating group) is 1. The van der Waals surface area contributed by atoms with Crippen LogP contribution in [-0.2, 0) is 4.79 Å². The van der Waals surface area contributed by atoms with E-state index in [4.69, 9.17) is 5.84 Å². The Morgan fingerprint density at radius 3 is 2.75 bits per heavy atom. The molecule has 0 rings (SSSR count). The number of nitrogens with two attached hydrogens (primary N) is 1. The third-order valence-electron chi connectivity index (χ3n) is 1.71. The second-order valence-electron chi connectivity index (χ2n) is 2.79. The van der Waals surface area contributed by atoms with Crippen molar-refractivity contribution in [3.8, 4) is 0 Å². The Bertz CT molecular complexity index is 143. The largest absolute Gasteiger partial charge is 0.294 e. The number of thioether (sulfide) groups is 1. The molecule has 0 aliphatic rings. The molecule has 0 aromatic carbocycles. The van der Waals surface area contributed by atoms with E-state index in [-0.39, 0.29) is 5.91 Å². The van der Waals surface area contributed by atoms with Gasteiger partial charge in [0.2, 0.25) is 5.91 Å². The standard InChI is InChI=1S/C7H17N3OS/c1-6(5-12-3)10(2)4-7(11)9-8/h6H,4-5,8H2,1-3H3,(H,9,11). The highest BCUT2D eigenvalue weighted by molar-refractivity contribution is 7.98. The third kappa shape index (κ3) is 4.58. The second-order valence-corrected chi connectivity index (χ2v) is 3.70. The summed E-state index contributed by atoms with van der Waals surface area (Å²) >= 11 is 1.77. The van der Waals surface area contributed by atoms with Gasteiger partial charge < -0.3 is 0 Å². The fourth-order valence-electron chi connectivity index (χ4n) is 0.796. The van der Waals surface area contributed by atoms with Crippen molar-refractivity contribution in [2.75, 3.05) is 25.6 Å². The minimum absolute atomic E-state index is 0.148. The van der Waals surface area contributed by atoms with Crippen molar-refractivity contribution in [2.45, 2.75) is 13.0 Å². The maximum Gasteiger partial charge on any atom is 0.248 e. The number of carbonyl (C=O) groups is 1. The van der Waals surface area contributed by atoms with E-state index in [0.29, 0.717) is 12.6 Å². The van der Waals surface area contributed by atoms with E-state index in [1.807, 2.05) is 18.2 Å². The molecule has 0 bridgehead atoms. The first kappa shape index (κ1) is 11.7. The van der Waals surface area contributed by atoms with E-state index in [2.05, 4.69) is 12.3 Å². The highest BCUT2D eigenvalue weighted by Crippen LogP contribution is 2.02. The topological polar surface area (TPSA) is 58.4 Å². The molecule has 0 saturated carbocycles. The first-order chi connectivity index (χ1) is 5.61. The van der Waals surface area contributed by atoms with E-state index in [9.17, 15) is 4.79 Å². The molecule has 1 atom stereocenters. The molecule has 0 aromatic rings. The Balaban J connectivity index is 3.69. The molecule has 0 spiro atoms. The van der Waals surface area contributed by atoms with Crippen molar-refractivity contribution in [2.24, 2.45) is 5.84 Å². The van der Waals surface area contributed by atoms with Crippen LogP contribution in [0.1, 0.15) is 6.92 Å². The molecular formula is C7H17N3OS. The first-order valence-corrected chi connectivity index (χ1v) is 5.19. The molecule has 3 N–H and O–H groups in total. The molecule has 0 heterocycles. The van der Waals surface area contributed by atoms with Crippen molar-refractivity contribution in [3.63, 3.8) is 0 Å². The van der Waals surface area contributed by atoms with Gasteiger partial charge in [0.15, 0.2) is 0 Å². The van der Waals surface area contributed by atoms with Crippen molar-refractivity contribution >= 4 is 17.7 Å². The number of nitrogens with one attached hydrogen (secondary N) is 1. The molecule has 0 saturated heterocycles. The van der Waals surface area contributed by atoms with Gasteiger partial charge in [-0.2, -0.15) is 11.8 Å². The average Bonchev–Trinajstić information content (AvgIpc) is 2.04. The predicted octanol–water partition coefficient (Wildman–Crippen LogP) is -0.340. The van der Waals surface area contributed by atoms with Gasteiger partial charge >= 0.3 is 0 Å². The fourth-order valence-corrected chi connectivity index (χ4v) is 1.53. The van der Waals surface area contributed by atoms with Crippen LogP contribution in [0.4, 0.5) is 0 Å². The van der Waals surface area contributed by atoms with Gasteiger partial charge in [-0.25, -0.2) is 5.84 Å². The van der Waals surface area contributed by atoms with Crippen LogP contribution in [0.5, 0.6) is 0 Å². The van der Waals surface area contributed by atoms with Crippen molar-refractivity contribution < 1.29 is 4.79 Å². The molecule has 0 aliphatic carbocycles. The molecule has 0 fully saturated rings. The average molecular weight is 191 g/mol. The van der Waals surface area contributed by atoms with Crippen LogP contribution in [-0.4, -0.2) is 42.4 Å². The minimum Gasteiger partial charge on any atom is -0.294 e. The Morgan fingerprint density at radius 1 is 1.75 bits per heavy atom. The number of amides is 1. The summed E-state index contributed by atoms with van der Waals surface area (Å²) in [5.74, 6) is 5.84. The number of hydrogen-bond acceptors (Lipinski definition) is 4. The van der Waals surface area contributed by atoms with Gasteiger partial charge in [0.05, 0.1) is 6.54 Å². The smallest absolute Gasteiger partial charge is 0.248 e. The maximum atomic E-state index is 10.8. The monoisotopic (exact) mass is 191 g/mol. The van der Waals surface area contributed by atoms with E-state index < -0.39 is 0 Å². The van der Waals surface area contributed by atoms with Gasteiger partial charge in [-0.1, -0.05) is 0 Å². The predicted molar refractivity (Wildman–Crippen MR) is 52.8 cm³/mol. The number of hydrogen-bond donors (Lipinski definition) is 2. The van der Waals surface area contributed by atoms with Crippen LogP contribution in [0, 0.1) is 0 Å². The van der Waals surface area contributed by atoms with Gasteiger partial charge in [-0.05, 0) is 20.2 Å². The summed E-state index contributed by atoms with van der Waals surface area (Å²) < 4.78 is 0. The molecule has 0 radical (unpaired) electrons. The lowest BCUT2D eigenvalue weighted by Crippen LogP contribution is -2.42. The Kier molecular flexibility index (Phi) is 6.14. The summed E-state index contributed by atoms with van der Waals surface area (Å²) in [6, 6.07) is 0.400. The van der Waals surface area contributed by atoms with E-state index in [1.54, 1.807) is 11.8 Å². The third-order valence-corrected chi connectivity index (χ3v) is 2.53. The quantitative estimate of drug-likeness (QED) is 0.354. The highest BCUT2D eigenvalue weighted by Gasteiger charge is 2.10. The van der Waals surface area contributed by atoms with Gasteiger partial charge in [0.25, 0.3) is 0 Å². The van der Waals surface area contributed by atoms with E-state index >= 15 is 0 Å². The summed E-state index contributed by atoms with van der Waals surface area (Å²) in [7, 11) is 1.91. The van der Waals surface area contributed by atoms with Crippen LogP contribution < -0.4 is 11.3 Å². The van der Waals surface area contributed by atoms with Crippen LogP contribution in [0.15, 0.2) is 0 Å². The zero-order valence-corrected chi connectivity index (χ0v) is 8.65. The summed E-state index contributed by atoms with van der Waals surface area (Å²) in [6.07, 6.45) is 2.05. The minimum atomic E-state index is -0.148. The molecule has 12 heavy (non-hydrogen) atoms. The number of carbonyl (C=O) groups excluding carboxylic acids is 1. The van der Waals surface area contributed by atoms with Crippen molar-refractivity contribution in [1.29, 1.82) is 0 Å². The number of rotatable bonds is 5. The molecule has 5 heteroatoms. The van der Waals surface area contributed by atoms with Gasteiger partial charge in [-0.15, -0.1) is 0 Å². The number of hydrazine groups is 1. The SMILES string of the molecule is CSCC(C)N(C)CC(=O)NN. The molecule has 72 valence electrons. The van der Waals surface area contributed by atoms with Crippen molar-refractivity contribution in [1.82, 2.24) is 10.3 Å². The van der Waals surface area contributed by atoms with Crippen molar-refractivity contribution in [3.05, 3.63) is 0 Å². The normalized spacial score (nSPS) is 13.1. The molecule has 1 unspecified atom stereocenters. The lowest BCUT2D eigenvalue weighted by atomic mass is 10.3. The summed E-state index contributed by atoms with van der Waals surface area (Å²) in [6.45, 7) is 2.44. The van der Waals surface area contributed by atoms with Gasteiger partial charge in [-0.3, -0.25) is 15.1 Å². The molecule has 0 aliphatic heterocycles. The fraction of sp³-hybridized carbons (Fsp3) is 0.857. The highest BCUT2D eigenvalue weighted by atomic mass is 32.2. The maximum absolute atomic E-state index is 10.8. The Morgan fingerprint density at radius 2 is 2.33 bits per heavy atom. The Hall–Kier alpha value is -0.260. The van der Waals surface area contributed by atoms with Gasteiger partial charge in [0, 0.05) is 11.8 Å². The zero-order chi connectivity index (χ0) is 9.56. The second kappa shape index (κ2) is 6.28. The number of nitrogens with zero attached hydrogens (tertiary/aromatic N) is 1. The molecule has 4 nitrogen and oxygen atoms in total.